The van der Waals surface area contributed by atoms with Crippen LogP contribution in [0.2, 0.25) is 5.02 Å². The summed E-state index contributed by atoms with van der Waals surface area (Å²) in [5, 5.41) is 9.45. The third kappa shape index (κ3) is 3.31. The Balaban J connectivity index is 1.95. The van der Waals surface area contributed by atoms with Crippen molar-refractivity contribution in [1.29, 1.82) is 5.26 Å². The average molecular weight is 325 g/mol. The quantitative estimate of drug-likeness (QED) is 0.609. The van der Waals surface area contributed by atoms with Gasteiger partial charge in [0.2, 0.25) is 5.88 Å². The van der Waals surface area contributed by atoms with Gasteiger partial charge in [-0.25, -0.2) is 9.38 Å². The van der Waals surface area contributed by atoms with E-state index in [0.717, 1.165) is 5.56 Å². The van der Waals surface area contributed by atoms with Gasteiger partial charge in [-0.05, 0) is 18.2 Å². The molecule has 0 saturated carbocycles. The smallest absolute Gasteiger partial charge is 0.237 e. The molecule has 112 valence electrons. The number of hydrogen-bond acceptors (Lipinski definition) is 3. The highest BCUT2D eigenvalue weighted by molar-refractivity contribution is 6.33. The first-order chi connectivity index (χ1) is 11.2. The van der Waals surface area contributed by atoms with E-state index in [0.29, 0.717) is 16.9 Å². The highest BCUT2D eigenvalue weighted by Crippen LogP contribution is 2.30. The number of benzene rings is 2. The van der Waals surface area contributed by atoms with E-state index in [1.165, 1.54) is 24.4 Å². The SMILES string of the molecule is N#Cc1cc(-c2ccccc2)oc1/N=C/c1ccc(F)cc1Cl. The van der Waals surface area contributed by atoms with Crippen molar-refractivity contribution in [2.24, 2.45) is 4.99 Å². The lowest BCUT2D eigenvalue weighted by atomic mass is 10.1. The maximum absolute atomic E-state index is 13.0. The molecule has 0 aliphatic carbocycles. The Morgan fingerprint density at radius 3 is 2.61 bits per heavy atom. The van der Waals surface area contributed by atoms with E-state index in [2.05, 4.69) is 4.99 Å². The van der Waals surface area contributed by atoms with Gasteiger partial charge in [0.25, 0.3) is 0 Å². The molecule has 0 aliphatic rings. The Morgan fingerprint density at radius 1 is 1.13 bits per heavy atom. The van der Waals surface area contributed by atoms with E-state index in [4.69, 9.17) is 16.0 Å². The van der Waals surface area contributed by atoms with Crippen LogP contribution in [-0.2, 0) is 0 Å². The second kappa shape index (κ2) is 6.47. The Kier molecular flexibility index (Phi) is 4.22. The minimum atomic E-state index is -0.422. The van der Waals surface area contributed by atoms with Crippen molar-refractivity contribution in [2.75, 3.05) is 0 Å². The molecule has 0 N–H and O–H groups in total. The van der Waals surface area contributed by atoms with Crippen molar-refractivity contribution in [3.63, 3.8) is 0 Å². The van der Waals surface area contributed by atoms with Crippen LogP contribution in [0.5, 0.6) is 0 Å². The molecule has 1 heterocycles. The zero-order valence-electron chi connectivity index (χ0n) is 11.8. The topological polar surface area (TPSA) is 49.3 Å². The molecule has 0 atom stereocenters. The van der Waals surface area contributed by atoms with Gasteiger partial charge in [0.15, 0.2) is 0 Å². The van der Waals surface area contributed by atoms with Crippen molar-refractivity contribution in [2.45, 2.75) is 0 Å². The molecule has 0 radical (unpaired) electrons. The van der Waals surface area contributed by atoms with Crippen molar-refractivity contribution < 1.29 is 8.81 Å². The van der Waals surface area contributed by atoms with E-state index in [-0.39, 0.29) is 10.9 Å². The largest absolute Gasteiger partial charge is 0.437 e. The number of rotatable bonds is 3. The highest BCUT2D eigenvalue weighted by Gasteiger charge is 2.11. The zero-order valence-corrected chi connectivity index (χ0v) is 12.6. The first-order valence-electron chi connectivity index (χ1n) is 6.76. The first kappa shape index (κ1) is 15.0. The fourth-order valence-electron chi connectivity index (χ4n) is 2.04. The minimum Gasteiger partial charge on any atom is -0.437 e. The van der Waals surface area contributed by atoms with Crippen molar-refractivity contribution >= 4 is 23.7 Å². The second-order valence-corrected chi connectivity index (χ2v) is 5.14. The highest BCUT2D eigenvalue weighted by atomic mass is 35.5. The molecule has 0 amide bonds. The van der Waals surface area contributed by atoms with Crippen molar-refractivity contribution in [1.82, 2.24) is 0 Å². The molecule has 3 nitrogen and oxygen atoms in total. The first-order valence-corrected chi connectivity index (χ1v) is 7.13. The van der Waals surface area contributed by atoms with E-state index >= 15 is 0 Å². The van der Waals surface area contributed by atoms with Crippen LogP contribution in [0.4, 0.5) is 10.3 Å². The van der Waals surface area contributed by atoms with Gasteiger partial charge in [-0.2, -0.15) is 5.26 Å². The van der Waals surface area contributed by atoms with E-state index in [9.17, 15) is 9.65 Å². The Labute approximate surface area is 137 Å². The molecule has 0 bridgehead atoms. The fraction of sp³-hybridized carbons (Fsp3) is 0. The van der Waals surface area contributed by atoms with Gasteiger partial charge >= 0.3 is 0 Å². The minimum absolute atomic E-state index is 0.187. The number of nitrogens with zero attached hydrogens (tertiary/aromatic N) is 2. The lowest BCUT2D eigenvalue weighted by Gasteiger charge is -1.97. The normalized spacial score (nSPS) is 10.8. The van der Waals surface area contributed by atoms with Gasteiger partial charge in [-0.15, -0.1) is 0 Å². The van der Waals surface area contributed by atoms with Crippen LogP contribution in [0.15, 0.2) is 64.0 Å². The molecule has 0 aliphatic heterocycles. The molecule has 1 aromatic heterocycles. The molecule has 3 rings (SSSR count). The predicted molar refractivity (Wildman–Crippen MR) is 87.5 cm³/mol. The molecule has 0 spiro atoms. The molecule has 0 saturated heterocycles. The van der Waals surface area contributed by atoms with Gasteiger partial charge in [-0.3, -0.25) is 0 Å². The summed E-state index contributed by atoms with van der Waals surface area (Å²) >= 11 is 5.94. The van der Waals surface area contributed by atoms with E-state index in [1.54, 1.807) is 6.07 Å². The second-order valence-electron chi connectivity index (χ2n) is 4.73. The molecule has 3 aromatic rings. The summed E-state index contributed by atoms with van der Waals surface area (Å²) in [6, 6.07) is 17.1. The number of hydrogen-bond donors (Lipinski definition) is 0. The van der Waals surface area contributed by atoms with Crippen LogP contribution < -0.4 is 0 Å². The third-order valence-electron chi connectivity index (χ3n) is 3.17. The van der Waals surface area contributed by atoms with Crippen LogP contribution >= 0.6 is 11.6 Å². The van der Waals surface area contributed by atoms with Gasteiger partial charge in [0.1, 0.15) is 23.2 Å². The van der Waals surface area contributed by atoms with Crippen LogP contribution in [0.1, 0.15) is 11.1 Å². The Hall–Kier alpha value is -2.90. The summed E-state index contributed by atoms with van der Waals surface area (Å²) in [5.41, 5.74) is 1.71. The number of nitriles is 1. The van der Waals surface area contributed by atoms with E-state index < -0.39 is 5.82 Å². The zero-order chi connectivity index (χ0) is 16.2. The fourth-order valence-corrected chi connectivity index (χ4v) is 2.25. The Bertz CT molecular complexity index is 911. The van der Waals surface area contributed by atoms with Crippen LogP contribution in [-0.4, -0.2) is 6.21 Å². The summed E-state index contributed by atoms with van der Waals surface area (Å²) in [6.45, 7) is 0. The standard InChI is InChI=1S/C18H10ClFN2O/c19-16-9-15(20)7-6-13(16)11-22-18-14(10-21)8-17(23-18)12-4-2-1-3-5-12/h1-9,11H/b22-11+. The maximum atomic E-state index is 13.0. The van der Waals surface area contributed by atoms with Gasteiger partial charge in [0, 0.05) is 23.4 Å². The monoisotopic (exact) mass is 324 g/mol. The van der Waals surface area contributed by atoms with Crippen molar-refractivity contribution in [3.8, 4) is 17.4 Å². The lowest BCUT2D eigenvalue weighted by Crippen LogP contribution is -1.84. The molecular weight excluding hydrogens is 315 g/mol. The molecule has 2 aromatic carbocycles. The van der Waals surface area contributed by atoms with Crippen LogP contribution in [0, 0.1) is 17.1 Å². The van der Waals surface area contributed by atoms with Crippen molar-refractivity contribution in [3.05, 3.63) is 76.6 Å². The number of halogens is 2. The Morgan fingerprint density at radius 2 is 1.91 bits per heavy atom. The van der Waals surface area contributed by atoms with Crippen LogP contribution in [0.3, 0.4) is 0 Å². The maximum Gasteiger partial charge on any atom is 0.237 e. The lowest BCUT2D eigenvalue weighted by molar-refractivity contribution is 0.592. The average Bonchev–Trinajstić information content (AvgIpc) is 2.98. The molecule has 0 unspecified atom stereocenters. The van der Waals surface area contributed by atoms with E-state index in [1.807, 2.05) is 36.4 Å². The van der Waals surface area contributed by atoms with Gasteiger partial charge in [-0.1, -0.05) is 41.9 Å². The van der Waals surface area contributed by atoms with Crippen LogP contribution in [0.25, 0.3) is 11.3 Å². The summed E-state index contributed by atoms with van der Waals surface area (Å²) < 4.78 is 18.7. The molecule has 23 heavy (non-hydrogen) atoms. The molecule has 0 fully saturated rings. The van der Waals surface area contributed by atoms with Gasteiger partial charge in [0.05, 0.1) is 5.02 Å². The number of aliphatic imine (C=N–C) groups is 1. The summed E-state index contributed by atoms with van der Waals surface area (Å²) in [4.78, 5) is 4.16. The summed E-state index contributed by atoms with van der Waals surface area (Å²) in [5.74, 6) is 0.320. The summed E-state index contributed by atoms with van der Waals surface area (Å²) in [6.07, 6.45) is 1.44. The number of furan rings is 1. The predicted octanol–water partition coefficient (Wildman–Crippen LogP) is 5.36. The third-order valence-corrected chi connectivity index (χ3v) is 3.50. The van der Waals surface area contributed by atoms with Gasteiger partial charge < -0.3 is 4.42 Å². The molecule has 5 heteroatoms. The summed E-state index contributed by atoms with van der Waals surface area (Å²) in [7, 11) is 0. The molecular formula is C18H10ClFN2O.